The van der Waals surface area contributed by atoms with E-state index in [9.17, 15) is 9.90 Å². The quantitative estimate of drug-likeness (QED) is 0.437. The zero-order valence-corrected chi connectivity index (χ0v) is 21.9. The Balaban J connectivity index is 2.31. The second-order valence-electron chi connectivity index (χ2n) is 8.72. The van der Waals surface area contributed by atoms with Gasteiger partial charge in [0, 0.05) is 54.7 Å². The van der Waals surface area contributed by atoms with Crippen LogP contribution in [0.2, 0.25) is 0 Å². The number of benzene rings is 2. The first-order valence-electron chi connectivity index (χ1n) is 12.7. The molecule has 1 fully saturated rings. The first kappa shape index (κ1) is 26.5. The number of aliphatic hydroxyl groups is 1. The highest BCUT2D eigenvalue weighted by molar-refractivity contribution is 6.10. The molecule has 1 saturated heterocycles. The second kappa shape index (κ2) is 11.1. The number of carbonyl (C=O) groups is 1. The molecule has 190 valence electrons. The average molecular weight is 482 g/mol. The summed E-state index contributed by atoms with van der Waals surface area (Å²) in [7, 11) is 0. The molecular weight excluding hydrogens is 442 g/mol. The van der Waals surface area contributed by atoms with Gasteiger partial charge in [-0.2, -0.15) is 0 Å². The normalized spacial score (nSPS) is 18.4. The van der Waals surface area contributed by atoms with Crippen molar-refractivity contribution in [3.05, 3.63) is 53.1 Å². The van der Waals surface area contributed by atoms with E-state index in [2.05, 4.69) is 37.5 Å². The van der Waals surface area contributed by atoms with E-state index in [1.165, 1.54) is 0 Å². The number of anilines is 2. The number of hydrogen-bond acceptors (Lipinski definition) is 7. The van der Waals surface area contributed by atoms with Gasteiger partial charge in [-0.05, 0) is 71.4 Å². The molecule has 7 heteroatoms. The fourth-order valence-electron chi connectivity index (χ4n) is 4.98. The van der Waals surface area contributed by atoms with E-state index in [-0.39, 0.29) is 12.1 Å². The van der Waals surface area contributed by atoms with Crippen LogP contribution in [-0.4, -0.2) is 49.6 Å². The van der Waals surface area contributed by atoms with Gasteiger partial charge in [-0.1, -0.05) is 6.07 Å². The van der Waals surface area contributed by atoms with Crippen LogP contribution in [0.25, 0.3) is 0 Å². The van der Waals surface area contributed by atoms with Crippen LogP contribution in [0, 0.1) is 5.41 Å². The number of esters is 1. The van der Waals surface area contributed by atoms with Gasteiger partial charge in [-0.3, -0.25) is 4.79 Å². The van der Waals surface area contributed by atoms with E-state index in [4.69, 9.17) is 14.9 Å². The molecular formula is C28H39N3O4. The number of nitrogens with zero attached hydrogens (tertiary/aromatic N) is 2. The number of ether oxygens (including phenoxy) is 2. The molecule has 2 aromatic rings. The van der Waals surface area contributed by atoms with E-state index in [1.807, 2.05) is 43.3 Å². The predicted molar refractivity (Wildman–Crippen MR) is 141 cm³/mol. The highest BCUT2D eigenvalue weighted by Crippen LogP contribution is 2.48. The lowest BCUT2D eigenvalue weighted by Gasteiger charge is -2.34. The second-order valence-corrected chi connectivity index (χ2v) is 8.72. The number of cyclic esters (lactones) is 1. The van der Waals surface area contributed by atoms with Crippen molar-refractivity contribution in [2.24, 2.45) is 0 Å². The number of carbonyl (C=O) groups excluding carboxylic acids is 1. The van der Waals surface area contributed by atoms with Crippen molar-refractivity contribution >= 4 is 23.1 Å². The Morgan fingerprint density at radius 1 is 0.971 bits per heavy atom. The first-order valence-corrected chi connectivity index (χ1v) is 12.7. The Kier molecular flexibility index (Phi) is 8.43. The molecule has 35 heavy (non-hydrogen) atoms. The molecule has 7 nitrogen and oxygen atoms in total. The summed E-state index contributed by atoms with van der Waals surface area (Å²) in [5.41, 5.74) is 2.47. The summed E-state index contributed by atoms with van der Waals surface area (Å²) in [4.78, 5) is 17.0. The lowest BCUT2D eigenvalue weighted by molar-refractivity contribution is -0.145. The Morgan fingerprint density at radius 3 is 1.97 bits per heavy atom. The van der Waals surface area contributed by atoms with E-state index in [0.29, 0.717) is 29.0 Å². The van der Waals surface area contributed by atoms with Crippen molar-refractivity contribution in [1.82, 2.24) is 0 Å². The van der Waals surface area contributed by atoms with E-state index in [0.717, 1.165) is 37.6 Å². The smallest absolute Gasteiger partial charge is 0.313 e. The summed E-state index contributed by atoms with van der Waals surface area (Å²) in [6.45, 7) is 15.7. The number of hydrogen-bond donors (Lipinski definition) is 2. The lowest BCUT2D eigenvalue weighted by atomic mass is 9.78. The maximum Gasteiger partial charge on any atom is 0.313 e. The zero-order chi connectivity index (χ0) is 25.8. The van der Waals surface area contributed by atoms with Gasteiger partial charge in [0.05, 0.1) is 24.8 Å². The predicted octanol–water partition coefficient (Wildman–Crippen LogP) is 5.04. The molecule has 2 aromatic carbocycles. The highest BCUT2D eigenvalue weighted by atomic mass is 16.6. The summed E-state index contributed by atoms with van der Waals surface area (Å²) >= 11 is 0. The van der Waals surface area contributed by atoms with Crippen molar-refractivity contribution in [2.45, 2.75) is 59.7 Å². The summed E-state index contributed by atoms with van der Waals surface area (Å²) < 4.78 is 12.1. The zero-order valence-electron chi connectivity index (χ0n) is 21.9. The van der Waals surface area contributed by atoms with Gasteiger partial charge in [0.2, 0.25) is 5.60 Å². The monoisotopic (exact) mass is 481 g/mol. The molecule has 2 atom stereocenters. The van der Waals surface area contributed by atoms with Crippen molar-refractivity contribution in [3.8, 4) is 5.75 Å². The molecule has 2 N–H and O–H groups in total. The molecule has 0 saturated carbocycles. The Bertz CT molecular complexity index is 1060. The van der Waals surface area contributed by atoms with Gasteiger partial charge in [0.25, 0.3) is 0 Å². The first-order chi connectivity index (χ1) is 16.8. The molecule has 2 unspecified atom stereocenters. The molecule has 1 aliphatic rings. The maximum absolute atomic E-state index is 12.6. The van der Waals surface area contributed by atoms with Crippen molar-refractivity contribution in [2.75, 3.05) is 42.6 Å². The third-order valence-corrected chi connectivity index (χ3v) is 6.78. The van der Waals surface area contributed by atoms with Crippen LogP contribution >= 0.6 is 0 Å². The van der Waals surface area contributed by atoms with Crippen molar-refractivity contribution in [3.63, 3.8) is 0 Å². The minimum atomic E-state index is -1.46. The molecule has 0 radical (unpaired) electrons. The minimum absolute atomic E-state index is 0.111. The molecule has 0 spiro atoms. The maximum atomic E-state index is 12.6. The van der Waals surface area contributed by atoms with Crippen LogP contribution in [0.1, 0.15) is 70.8 Å². The van der Waals surface area contributed by atoms with Crippen LogP contribution in [0.4, 0.5) is 11.4 Å². The third kappa shape index (κ3) is 4.87. The fraction of sp³-hybridized carbons (Fsp3) is 0.500. The molecule has 3 rings (SSSR count). The Labute approximate surface area is 209 Å². The van der Waals surface area contributed by atoms with Gasteiger partial charge in [-0.15, -0.1) is 0 Å². The SMILES string of the molecule is CCOc1cc(N(CC)CC)ccc1C1(c2ccc(N(CC)CC)cc2C(C)O)OC(=O)CC1=N. The number of nitrogens with one attached hydrogen (secondary N) is 1. The minimum Gasteiger partial charge on any atom is -0.493 e. The molecule has 0 aliphatic carbocycles. The van der Waals surface area contributed by atoms with Gasteiger partial charge >= 0.3 is 5.97 Å². The summed E-state index contributed by atoms with van der Waals surface area (Å²) in [5.74, 6) is 0.107. The van der Waals surface area contributed by atoms with Gasteiger partial charge in [0.15, 0.2) is 0 Å². The molecule has 0 aromatic heterocycles. The van der Waals surface area contributed by atoms with E-state index < -0.39 is 17.7 Å². The highest BCUT2D eigenvalue weighted by Gasteiger charge is 2.52. The largest absolute Gasteiger partial charge is 0.493 e. The van der Waals surface area contributed by atoms with Crippen molar-refractivity contribution < 1.29 is 19.4 Å². The van der Waals surface area contributed by atoms with Gasteiger partial charge in [-0.25, -0.2) is 0 Å². The van der Waals surface area contributed by atoms with Gasteiger partial charge in [0.1, 0.15) is 5.75 Å². The average Bonchev–Trinajstić information content (AvgIpc) is 3.15. The standard InChI is InChI=1S/C28H39N3O4/c1-7-30(8-2)20-12-14-23(22(16-20)19(6)32)28(26(29)18-27(33)35-28)24-15-13-21(31(9-3)10-4)17-25(24)34-11-5/h12-17,19,29,32H,7-11,18H2,1-6H3. The topological polar surface area (TPSA) is 86.1 Å². The van der Waals surface area contributed by atoms with Gasteiger partial charge < -0.3 is 29.8 Å². The van der Waals surface area contributed by atoms with Crippen LogP contribution in [0.3, 0.4) is 0 Å². The summed E-state index contributed by atoms with van der Waals surface area (Å²) in [6.07, 6.45) is -0.935. The fourth-order valence-corrected chi connectivity index (χ4v) is 4.98. The Hall–Kier alpha value is -3.06. The number of rotatable bonds is 11. The molecule has 1 heterocycles. The van der Waals surface area contributed by atoms with Crippen LogP contribution in [0.15, 0.2) is 36.4 Å². The lowest BCUT2D eigenvalue weighted by Crippen LogP contribution is -2.36. The summed E-state index contributed by atoms with van der Waals surface area (Å²) in [5, 5.41) is 19.8. The van der Waals surface area contributed by atoms with E-state index >= 15 is 0 Å². The van der Waals surface area contributed by atoms with E-state index in [1.54, 1.807) is 6.92 Å². The van der Waals surface area contributed by atoms with Crippen molar-refractivity contribution in [1.29, 1.82) is 5.41 Å². The van der Waals surface area contributed by atoms with Crippen LogP contribution in [-0.2, 0) is 15.1 Å². The molecule has 0 amide bonds. The third-order valence-electron chi connectivity index (χ3n) is 6.78. The Morgan fingerprint density at radius 2 is 1.51 bits per heavy atom. The van der Waals surface area contributed by atoms with Crippen LogP contribution < -0.4 is 14.5 Å². The van der Waals surface area contributed by atoms with Crippen LogP contribution in [0.5, 0.6) is 5.75 Å². The number of aliphatic hydroxyl groups excluding tert-OH is 1. The molecule has 0 bridgehead atoms. The molecule has 1 aliphatic heterocycles. The summed E-state index contributed by atoms with van der Waals surface area (Å²) in [6, 6.07) is 11.6.